The number of furan rings is 1. The van der Waals surface area contributed by atoms with Crippen molar-refractivity contribution >= 4 is 50.9 Å². The Morgan fingerprint density at radius 1 is 1.08 bits per heavy atom. The van der Waals surface area contributed by atoms with Crippen LogP contribution in [-0.4, -0.2) is 11.6 Å². The molecule has 4 nitrogen and oxygen atoms in total. The van der Waals surface area contributed by atoms with Gasteiger partial charge in [0.05, 0.1) is 17.7 Å². The summed E-state index contributed by atoms with van der Waals surface area (Å²) in [5.74, 6) is 0.233. The average molecular weight is 428 g/mol. The maximum Gasteiger partial charge on any atom is 0.274 e. The van der Waals surface area contributed by atoms with E-state index in [0.29, 0.717) is 22.2 Å². The molecule has 3 aromatic rings. The maximum absolute atomic E-state index is 12.7. The standard InChI is InChI=1S/C20H12BrClN2O2/c21-12-7-8-17-15(10-12)19(14-5-1-2-6-16(14)22)23-18(20(25)24-17)11-13-4-3-9-26-13/h1-11H,(H,24,25)/b18-11+. The molecule has 0 radical (unpaired) electrons. The number of benzene rings is 2. The van der Waals surface area contributed by atoms with E-state index in [1.165, 1.54) is 0 Å². The van der Waals surface area contributed by atoms with E-state index in [1.807, 2.05) is 36.4 Å². The Labute approximate surface area is 163 Å². The summed E-state index contributed by atoms with van der Waals surface area (Å²) in [4.78, 5) is 17.3. The Kier molecular flexibility index (Phi) is 4.49. The average Bonchev–Trinajstić information content (AvgIpc) is 3.09. The van der Waals surface area contributed by atoms with E-state index in [1.54, 1.807) is 30.5 Å². The number of aliphatic imine (C=N–C) groups is 1. The lowest BCUT2D eigenvalue weighted by atomic mass is 10.0. The Bertz CT molecular complexity index is 1060. The second-order valence-corrected chi connectivity index (χ2v) is 6.95. The summed E-state index contributed by atoms with van der Waals surface area (Å²) in [6.45, 7) is 0. The lowest BCUT2D eigenvalue weighted by Crippen LogP contribution is -2.12. The Hall–Kier alpha value is -2.63. The quantitative estimate of drug-likeness (QED) is 0.547. The minimum Gasteiger partial charge on any atom is -0.465 e. The summed E-state index contributed by atoms with van der Waals surface area (Å²) in [6.07, 6.45) is 3.15. The fourth-order valence-electron chi connectivity index (χ4n) is 2.70. The van der Waals surface area contributed by atoms with E-state index in [9.17, 15) is 4.79 Å². The topological polar surface area (TPSA) is 54.6 Å². The molecule has 0 unspecified atom stereocenters. The molecule has 2 heterocycles. The lowest BCUT2D eigenvalue weighted by molar-refractivity contribution is -0.112. The van der Waals surface area contributed by atoms with Gasteiger partial charge in [-0.25, -0.2) is 4.99 Å². The molecule has 1 aliphatic heterocycles. The molecule has 0 saturated heterocycles. The molecule has 0 fully saturated rings. The fourth-order valence-corrected chi connectivity index (χ4v) is 3.29. The van der Waals surface area contributed by atoms with Crippen molar-refractivity contribution in [3.8, 4) is 0 Å². The number of fused-ring (bicyclic) bond motifs is 1. The predicted molar refractivity (Wildman–Crippen MR) is 107 cm³/mol. The van der Waals surface area contributed by atoms with Gasteiger partial charge in [-0.2, -0.15) is 0 Å². The van der Waals surface area contributed by atoms with E-state index in [-0.39, 0.29) is 11.6 Å². The van der Waals surface area contributed by atoms with Gasteiger partial charge in [0, 0.05) is 26.7 Å². The maximum atomic E-state index is 12.7. The largest absolute Gasteiger partial charge is 0.465 e. The molecule has 128 valence electrons. The van der Waals surface area contributed by atoms with Crippen LogP contribution in [0.15, 0.2) is 80.4 Å². The van der Waals surface area contributed by atoms with Gasteiger partial charge in [-0.3, -0.25) is 4.79 Å². The van der Waals surface area contributed by atoms with Gasteiger partial charge in [0.15, 0.2) is 0 Å². The third-order valence-corrected chi connectivity index (χ3v) is 4.72. The highest BCUT2D eigenvalue weighted by Crippen LogP contribution is 2.31. The van der Waals surface area contributed by atoms with Gasteiger partial charge >= 0.3 is 0 Å². The molecule has 1 aliphatic rings. The number of rotatable bonds is 2. The van der Waals surface area contributed by atoms with Crippen molar-refractivity contribution in [1.29, 1.82) is 0 Å². The third-order valence-electron chi connectivity index (χ3n) is 3.90. The number of amides is 1. The molecule has 1 amide bonds. The fraction of sp³-hybridized carbons (Fsp3) is 0. The summed E-state index contributed by atoms with van der Waals surface area (Å²) in [5.41, 5.74) is 3.05. The lowest BCUT2D eigenvalue weighted by Gasteiger charge is -2.11. The van der Waals surface area contributed by atoms with Gasteiger partial charge in [-0.15, -0.1) is 0 Å². The summed E-state index contributed by atoms with van der Waals surface area (Å²) < 4.78 is 6.21. The van der Waals surface area contributed by atoms with Crippen molar-refractivity contribution in [3.05, 3.63) is 92.9 Å². The second-order valence-electron chi connectivity index (χ2n) is 5.63. The zero-order chi connectivity index (χ0) is 18.1. The molecule has 1 aromatic heterocycles. The zero-order valence-corrected chi connectivity index (χ0v) is 15.7. The summed E-state index contributed by atoms with van der Waals surface area (Å²) in [5, 5.41) is 3.46. The first-order chi connectivity index (χ1) is 12.6. The van der Waals surface area contributed by atoms with E-state index in [0.717, 1.165) is 15.6 Å². The number of hydrogen-bond donors (Lipinski definition) is 1. The summed E-state index contributed by atoms with van der Waals surface area (Å²) >= 11 is 9.89. The van der Waals surface area contributed by atoms with Crippen LogP contribution in [0.2, 0.25) is 5.02 Å². The molecular formula is C20H12BrClN2O2. The van der Waals surface area contributed by atoms with Gasteiger partial charge < -0.3 is 9.73 Å². The van der Waals surface area contributed by atoms with E-state index in [4.69, 9.17) is 16.0 Å². The molecular weight excluding hydrogens is 416 g/mol. The Morgan fingerprint density at radius 3 is 2.69 bits per heavy atom. The Morgan fingerprint density at radius 2 is 1.92 bits per heavy atom. The molecule has 4 rings (SSSR count). The van der Waals surface area contributed by atoms with Crippen LogP contribution < -0.4 is 5.32 Å². The first kappa shape index (κ1) is 16.8. The van der Waals surface area contributed by atoms with Gasteiger partial charge in [0.1, 0.15) is 11.5 Å². The van der Waals surface area contributed by atoms with Crippen LogP contribution >= 0.6 is 27.5 Å². The SMILES string of the molecule is O=C1Nc2ccc(Br)cc2C(c2ccccc2Cl)=N/C1=C/c1ccco1. The first-order valence-electron chi connectivity index (χ1n) is 7.82. The molecule has 2 aromatic carbocycles. The zero-order valence-electron chi connectivity index (χ0n) is 13.4. The van der Waals surface area contributed by atoms with Crippen LogP contribution in [0.5, 0.6) is 0 Å². The molecule has 1 N–H and O–H groups in total. The van der Waals surface area contributed by atoms with Crippen LogP contribution in [0, 0.1) is 0 Å². The predicted octanol–water partition coefficient (Wildman–Crippen LogP) is 5.53. The van der Waals surface area contributed by atoms with Gasteiger partial charge in [0.2, 0.25) is 0 Å². The van der Waals surface area contributed by atoms with Gasteiger partial charge in [-0.1, -0.05) is 45.7 Å². The van der Waals surface area contributed by atoms with E-state index >= 15 is 0 Å². The van der Waals surface area contributed by atoms with Gasteiger partial charge in [-0.05, 0) is 36.4 Å². The number of carbonyl (C=O) groups excluding carboxylic acids is 1. The molecule has 0 bridgehead atoms. The molecule has 6 heteroatoms. The third kappa shape index (κ3) is 3.23. The van der Waals surface area contributed by atoms with Crippen LogP contribution in [0.1, 0.15) is 16.9 Å². The molecule has 26 heavy (non-hydrogen) atoms. The van der Waals surface area contributed by atoms with Crippen molar-refractivity contribution in [2.24, 2.45) is 4.99 Å². The second kappa shape index (κ2) is 6.94. The first-order valence-corrected chi connectivity index (χ1v) is 8.99. The highest BCUT2D eigenvalue weighted by molar-refractivity contribution is 9.10. The number of nitrogens with one attached hydrogen (secondary N) is 1. The van der Waals surface area contributed by atoms with E-state index < -0.39 is 0 Å². The number of carbonyl (C=O) groups is 1. The highest BCUT2D eigenvalue weighted by Gasteiger charge is 2.23. The van der Waals surface area contributed by atoms with Crippen molar-refractivity contribution in [3.63, 3.8) is 0 Å². The minimum atomic E-state index is -0.313. The smallest absolute Gasteiger partial charge is 0.274 e. The molecule has 0 saturated carbocycles. The number of halogens is 2. The summed E-state index contributed by atoms with van der Waals surface area (Å²) in [7, 11) is 0. The summed E-state index contributed by atoms with van der Waals surface area (Å²) in [6, 6.07) is 16.5. The van der Waals surface area contributed by atoms with Crippen LogP contribution in [0.4, 0.5) is 5.69 Å². The number of anilines is 1. The number of benzodiazepines with no additional fused rings is 1. The van der Waals surface area contributed by atoms with Crippen molar-refractivity contribution in [1.82, 2.24) is 0 Å². The molecule has 0 spiro atoms. The molecule has 0 atom stereocenters. The number of hydrogen-bond acceptors (Lipinski definition) is 3. The van der Waals surface area contributed by atoms with Gasteiger partial charge in [0.25, 0.3) is 5.91 Å². The monoisotopic (exact) mass is 426 g/mol. The van der Waals surface area contributed by atoms with E-state index in [2.05, 4.69) is 26.2 Å². The van der Waals surface area contributed by atoms with Crippen molar-refractivity contribution in [2.45, 2.75) is 0 Å². The minimum absolute atomic E-state index is 0.238. The van der Waals surface area contributed by atoms with Crippen molar-refractivity contribution in [2.75, 3.05) is 5.32 Å². The Balaban J connectivity index is 1.97. The van der Waals surface area contributed by atoms with Crippen LogP contribution in [0.25, 0.3) is 6.08 Å². The van der Waals surface area contributed by atoms with Crippen molar-refractivity contribution < 1.29 is 9.21 Å². The molecule has 0 aliphatic carbocycles. The normalized spacial score (nSPS) is 15.2. The highest BCUT2D eigenvalue weighted by atomic mass is 79.9. The van der Waals surface area contributed by atoms with Crippen LogP contribution in [0.3, 0.4) is 0 Å². The van der Waals surface area contributed by atoms with Crippen LogP contribution in [-0.2, 0) is 4.79 Å². The number of nitrogens with zero attached hydrogens (tertiary/aromatic N) is 1.